The lowest BCUT2D eigenvalue weighted by Crippen LogP contribution is -2.37. The predicted molar refractivity (Wildman–Crippen MR) is 111 cm³/mol. The molecule has 3 atom stereocenters. The fourth-order valence-electron chi connectivity index (χ4n) is 3.57. The highest BCUT2D eigenvalue weighted by molar-refractivity contribution is 5.95. The number of aliphatic hydroxyl groups is 2. The molecule has 4 nitrogen and oxygen atoms in total. The topological polar surface area (TPSA) is 62.0 Å². The molecule has 0 aromatic heterocycles. The van der Waals surface area contributed by atoms with Gasteiger partial charge in [-0.3, -0.25) is 0 Å². The van der Waals surface area contributed by atoms with E-state index in [9.17, 15) is 10.2 Å². The van der Waals surface area contributed by atoms with Crippen molar-refractivity contribution in [2.24, 2.45) is 4.99 Å². The highest BCUT2D eigenvalue weighted by Crippen LogP contribution is 2.19. The van der Waals surface area contributed by atoms with Crippen molar-refractivity contribution < 1.29 is 14.9 Å². The maximum atomic E-state index is 10.4. The van der Waals surface area contributed by atoms with Gasteiger partial charge in [0.25, 0.3) is 0 Å². The van der Waals surface area contributed by atoms with Crippen molar-refractivity contribution in [3.63, 3.8) is 0 Å². The first-order valence-electron chi connectivity index (χ1n) is 10.8. The lowest BCUT2D eigenvalue weighted by molar-refractivity contribution is -0.00517. The summed E-state index contributed by atoms with van der Waals surface area (Å²) in [6.45, 7) is 2.58. The van der Waals surface area contributed by atoms with E-state index in [0.29, 0.717) is 18.9 Å². The zero-order valence-corrected chi connectivity index (χ0v) is 16.9. The van der Waals surface area contributed by atoms with Crippen LogP contribution in [-0.2, 0) is 4.74 Å². The predicted octanol–water partition coefficient (Wildman–Crippen LogP) is 4.86. The number of unbranched alkanes of at least 4 members (excludes halogenated alkanes) is 9. The van der Waals surface area contributed by atoms with Gasteiger partial charge in [-0.2, -0.15) is 0 Å². The molecule has 0 fully saturated rings. The number of benzene rings is 1. The van der Waals surface area contributed by atoms with Crippen molar-refractivity contribution in [3.8, 4) is 0 Å². The smallest absolute Gasteiger partial charge is 0.216 e. The van der Waals surface area contributed by atoms with Gasteiger partial charge in [-0.25, -0.2) is 4.99 Å². The van der Waals surface area contributed by atoms with E-state index in [-0.39, 0.29) is 6.04 Å². The Morgan fingerprint density at radius 3 is 2.15 bits per heavy atom. The number of aliphatic hydroxyl groups excluding tert-OH is 2. The van der Waals surface area contributed by atoms with Crippen LogP contribution >= 0.6 is 0 Å². The van der Waals surface area contributed by atoms with Crippen molar-refractivity contribution in [1.82, 2.24) is 0 Å². The molecule has 0 aliphatic carbocycles. The number of rotatable bonds is 14. The molecule has 2 N–H and O–H groups in total. The molecule has 0 saturated carbocycles. The first-order valence-corrected chi connectivity index (χ1v) is 10.8. The third-order valence-electron chi connectivity index (χ3n) is 5.34. The Morgan fingerprint density at radius 1 is 0.926 bits per heavy atom. The highest BCUT2D eigenvalue weighted by Gasteiger charge is 2.31. The molecule has 27 heavy (non-hydrogen) atoms. The van der Waals surface area contributed by atoms with Gasteiger partial charge in [0.05, 0.1) is 6.10 Å². The number of aliphatic imine (C=N–C) groups is 1. The van der Waals surface area contributed by atoms with Crippen LogP contribution in [0.4, 0.5) is 0 Å². The minimum absolute atomic E-state index is 0.334. The number of hydrogen-bond acceptors (Lipinski definition) is 4. The summed E-state index contributed by atoms with van der Waals surface area (Å²) in [5, 5.41) is 20.7. The van der Waals surface area contributed by atoms with Crippen LogP contribution in [0.2, 0.25) is 0 Å². The van der Waals surface area contributed by atoms with Crippen LogP contribution < -0.4 is 0 Å². The van der Waals surface area contributed by atoms with Gasteiger partial charge >= 0.3 is 0 Å². The van der Waals surface area contributed by atoms with Crippen LogP contribution in [0.15, 0.2) is 35.3 Å². The summed E-state index contributed by atoms with van der Waals surface area (Å²) in [5.74, 6) is 0.561. The Hall–Kier alpha value is -1.39. The average molecular weight is 376 g/mol. The van der Waals surface area contributed by atoms with Gasteiger partial charge in [0.2, 0.25) is 5.90 Å². The second-order valence-electron chi connectivity index (χ2n) is 7.71. The summed E-state index contributed by atoms with van der Waals surface area (Å²) in [4.78, 5) is 4.46. The molecule has 1 aromatic rings. The minimum atomic E-state index is -0.857. The van der Waals surface area contributed by atoms with Crippen LogP contribution in [-0.4, -0.2) is 41.0 Å². The first-order chi connectivity index (χ1) is 13.2. The van der Waals surface area contributed by atoms with Crippen molar-refractivity contribution in [2.45, 2.75) is 95.8 Å². The number of hydrogen-bond donors (Lipinski definition) is 2. The third kappa shape index (κ3) is 8.02. The van der Waals surface area contributed by atoms with Crippen LogP contribution in [0.1, 0.15) is 83.1 Å². The Balaban J connectivity index is 1.57. The zero-order valence-electron chi connectivity index (χ0n) is 16.9. The van der Waals surface area contributed by atoms with Crippen LogP contribution in [0.3, 0.4) is 0 Å². The molecular formula is C23H37NO3. The average Bonchev–Trinajstić information content (AvgIpc) is 3.19. The summed E-state index contributed by atoms with van der Waals surface area (Å²) in [7, 11) is 0. The Bertz CT molecular complexity index is 532. The van der Waals surface area contributed by atoms with Crippen LogP contribution in [0, 0.1) is 0 Å². The van der Waals surface area contributed by atoms with Crippen molar-refractivity contribution in [3.05, 3.63) is 35.9 Å². The Kier molecular flexibility index (Phi) is 10.5. The van der Waals surface area contributed by atoms with E-state index in [1.54, 1.807) is 0 Å². The second-order valence-corrected chi connectivity index (χ2v) is 7.71. The fraction of sp³-hybridized carbons (Fsp3) is 0.696. The van der Waals surface area contributed by atoms with E-state index in [2.05, 4.69) is 11.9 Å². The van der Waals surface area contributed by atoms with Crippen molar-refractivity contribution in [1.29, 1.82) is 0 Å². The molecule has 152 valence electrons. The monoisotopic (exact) mass is 375 g/mol. The normalized spacial score (nSPS) is 18.8. The quantitative estimate of drug-likeness (QED) is 0.456. The minimum Gasteiger partial charge on any atom is -0.475 e. The molecule has 0 unspecified atom stereocenters. The second kappa shape index (κ2) is 12.9. The maximum absolute atomic E-state index is 10.4. The lowest BCUT2D eigenvalue weighted by atomic mass is 10.00. The largest absolute Gasteiger partial charge is 0.475 e. The van der Waals surface area contributed by atoms with E-state index in [4.69, 9.17) is 4.74 Å². The van der Waals surface area contributed by atoms with Crippen molar-refractivity contribution >= 4 is 5.90 Å². The summed E-state index contributed by atoms with van der Waals surface area (Å²) >= 11 is 0. The summed E-state index contributed by atoms with van der Waals surface area (Å²) in [6.07, 6.45) is 11.7. The SMILES string of the molecule is CCCCCCCCCCCC[C@@H](O)[C@@H](O)[C@@H]1COC(c2ccccc2)=N1. The molecule has 0 amide bonds. The van der Waals surface area contributed by atoms with Gasteiger partial charge in [0.15, 0.2) is 0 Å². The molecule has 0 spiro atoms. The van der Waals surface area contributed by atoms with Crippen LogP contribution in [0.25, 0.3) is 0 Å². The molecule has 4 heteroatoms. The molecule has 1 aliphatic heterocycles. The summed E-state index contributed by atoms with van der Waals surface area (Å²) < 4.78 is 5.61. The molecule has 1 aromatic carbocycles. The van der Waals surface area contributed by atoms with Gasteiger partial charge in [0, 0.05) is 5.56 Å². The molecule has 0 radical (unpaired) electrons. The van der Waals surface area contributed by atoms with E-state index in [1.807, 2.05) is 30.3 Å². The number of ether oxygens (including phenoxy) is 1. The highest BCUT2D eigenvalue weighted by atomic mass is 16.5. The summed E-state index contributed by atoms with van der Waals surface area (Å²) in [5.41, 5.74) is 0.913. The van der Waals surface area contributed by atoms with Gasteiger partial charge in [-0.1, -0.05) is 89.3 Å². The van der Waals surface area contributed by atoms with Gasteiger partial charge < -0.3 is 14.9 Å². The van der Waals surface area contributed by atoms with E-state index in [1.165, 1.54) is 51.4 Å². The van der Waals surface area contributed by atoms with E-state index < -0.39 is 12.2 Å². The van der Waals surface area contributed by atoms with Crippen LogP contribution in [0.5, 0.6) is 0 Å². The van der Waals surface area contributed by atoms with Gasteiger partial charge in [-0.15, -0.1) is 0 Å². The Morgan fingerprint density at radius 2 is 1.52 bits per heavy atom. The molecule has 0 bridgehead atoms. The molecule has 2 rings (SSSR count). The lowest BCUT2D eigenvalue weighted by Gasteiger charge is -2.20. The molecular weight excluding hydrogens is 338 g/mol. The Labute approximate surface area is 164 Å². The first kappa shape index (κ1) is 21.9. The van der Waals surface area contributed by atoms with Gasteiger partial charge in [-0.05, 0) is 18.6 Å². The standard InChI is InChI=1S/C23H37NO3/c1-2-3-4-5-6-7-8-9-10-14-17-21(25)22(26)20-18-27-23(24-20)19-15-12-11-13-16-19/h11-13,15-16,20-22,25-26H,2-10,14,17-18H2,1H3/t20-,21+,22-/m0/s1. The zero-order chi connectivity index (χ0) is 19.3. The number of nitrogens with zero attached hydrogens (tertiary/aromatic N) is 1. The molecule has 0 saturated heterocycles. The van der Waals surface area contributed by atoms with Crippen molar-refractivity contribution in [2.75, 3.05) is 6.61 Å². The van der Waals surface area contributed by atoms with E-state index >= 15 is 0 Å². The summed E-state index contributed by atoms with van der Waals surface area (Å²) in [6, 6.07) is 9.32. The van der Waals surface area contributed by atoms with E-state index in [0.717, 1.165) is 18.4 Å². The molecule has 1 heterocycles. The maximum Gasteiger partial charge on any atom is 0.216 e. The fourth-order valence-corrected chi connectivity index (χ4v) is 3.57. The molecule has 1 aliphatic rings. The third-order valence-corrected chi connectivity index (χ3v) is 5.34. The van der Waals surface area contributed by atoms with Gasteiger partial charge in [0.1, 0.15) is 18.8 Å².